The summed E-state index contributed by atoms with van der Waals surface area (Å²) >= 11 is 6.38. The number of hydrogen-bond donors (Lipinski definition) is 0. The first-order valence-corrected chi connectivity index (χ1v) is 12.5. The van der Waals surface area contributed by atoms with E-state index in [1.165, 1.54) is 11.1 Å². The molecule has 3 nitrogen and oxygen atoms in total. The highest BCUT2D eigenvalue weighted by Crippen LogP contribution is 2.28. The van der Waals surface area contributed by atoms with Crippen LogP contribution in [0.15, 0.2) is 109 Å². The predicted octanol–water partition coefficient (Wildman–Crippen LogP) is 6.58. The Morgan fingerprint density at radius 1 is 0.743 bits per heavy atom. The van der Waals surface area contributed by atoms with Gasteiger partial charge >= 0.3 is 0 Å². The number of piperazine rings is 1. The van der Waals surface area contributed by atoms with E-state index in [4.69, 9.17) is 11.6 Å². The number of carbonyl (C=O) groups is 1. The van der Waals surface area contributed by atoms with Gasteiger partial charge in [-0.25, -0.2) is 0 Å². The van der Waals surface area contributed by atoms with Crippen LogP contribution in [-0.4, -0.2) is 41.4 Å². The molecule has 0 aromatic heterocycles. The van der Waals surface area contributed by atoms with Crippen LogP contribution in [-0.2, 0) is 13.0 Å². The van der Waals surface area contributed by atoms with E-state index in [1.807, 2.05) is 54.6 Å². The van der Waals surface area contributed by atoms with Gasteiger partial charge in [-0.1, -0.05) is 103 Å². The van der Waals surface area contributed by atoms with E-state index in [9.17, 15) is 4.79 Å². The predicted molar refractivity (Wildman–Crippen MR) is 144 cm³/mol. The summed E-state index contributed by atoms with van der Waals surface area (Å²) in [4.78, 5) is 17.9. The Morgan fingerprint density at radius 2 is 1.40 bits per heavy atom. The van der Waals surface area contributed by atoms with Crippen LogP contribution in [0.1, 0.15) is 21.5 Å². The minimum absolute atomic E-state index is 0.121. The molecular weight excluding hydrogens is 452 g/mol. The number of halogens is 1. The molecular formula is C31H29ClN2O. The average Bonchev–Trinajstić information content (AvgIpc) is 2.90. The lowest BCUT2D eigenvalue weighted by Crippen LogP contribution is -2.55. The normalized spacial score (nSPS) is 16.3. The summed E-state index contributed by atoms with van der Waals surface area (Å²) in [5, 5.41) is 0.767. The molecule has 0 saturated carbocycles. The van der Waals surface area contributed by atoms with Crippen LogP contribution >= 0.6 is 11.6 Å². The Kier molecular flexibility index (Phi) is 7.27. The van der Waals surface area contributed by atoms with E-state index in [-0.39, 0.29) is 11.9 Å². The van der Waals surface area contributed by atoms with Crippen LogP contribution in [0.4, 0.5) is 0 Å². The zero-order valence-electron chi connectivity index (χ0n) is 19.7. The second-order valence-corrected chi connectivity index (χ2v) is 9.53. The van der Waals surface area contributed by atoms with Gasteiger partial charge in [-0.05, 0) is 41.3 Å². The summed E-state index contributed by atoms with van der Waals surface area (Å²) in [6.45, 7) is 3.29. The summed E-state index contributed by atoms with van der Waals surface area (Å²) in [5.41, 5.74) is 5.46. The molecule has 0 unspecified atom stereocenters. The molecule has 4 aromatic rings. The Labute approximate surface area is 212 Å². The molecule has 35 heavy (non-hydrogen) atoms. The summed E-state index contributed by atoms with van der Waals surface area (Å²) in [6.07, 6.45) is 0.849. The van der Waals surface area contributed by atoms with Gasteiger partial charge in [0.05, 0.1) is 0 Å². The number of rotatable bonds is 6. The number of nitrogens with zero attached hydrogens (tertiary/aromatic N) is 2. The monoisotopic (exact) mass is 480 g/mol. The lowest BCUT2D eigenvalue weighted by molar-refractivity contribution is 0.0439. The first-order valence-electron chi connectivity index (χ1n) is 12.1. The largest absolute Gasteiger partial charge is 0.333 e. The van der Waals surface area contributed by atoms with Crippen molar-refractivity contribution in [2.45, 2.75) is 19.0 Å². The molecule has 1 heterocycles. The van der Waals surface area contributed by atoms with E-state index < -0.39 is 0 Å². The molecule has 0 spiro atoms. The molecule has 0 N–H and O–H groups in total. The molecule has 1 aliphatic rings. The molecule has 176 valence electrons. The highest BCUT2D eigenvalue weighted by Gasteiger charge is 2.31. The van der Waals surface area contributed by atoms with Crippen molar-refractivity contribution in [3.05, 3.63) is 131 Å². The standard InChI is InChI=1S/C31H29ClN2O/c32-30-14-8-7-13-29(30)26-17-15-25(16-18-26)22-33-19-20-34(31(35)27-11-5-2-6-12-27)28(23-33)21-24-9-3-1-4-10-24/h1-18,28H,19-23H2/t28-/m0/s1. The molecule has 4 heteroatoms. The molecule has 1 atom stereocenters. The van der Waals surface area contributed by atoms with Crippen molar-refractivity contribution < 1.29 is 4.79 Å². The number of benzene rings is 4. The third kappa shape index (κ3) is 5.64. The third-order valence-corrected chi connectivity index (χ3v) is 7.04. The molecule has 0 bridgehead atoms. The number of amides is 1. The van der Waals surface area contributed by atoms with E-state index in [0.29, 0.717) is 0 Å². The third-order valence-electron chi connectivity index (χ3n) is 6.71. The van der Waals surface area contributed by atoms with Crippen molar-refractivity contribution in [2.24, 2.45) is 0 Å². The van der Waals surface area contributed by atoms with Crippen LogP contribution in [0, 0.1) is 0 Å². The first kappa shape index (κ1) is 23.3. The molecule has 1 aliphatic heterocycles. The number of carbonyl (C=O) groups excluding carboxylic acids is 1. The van der Waals surface area contributed by atoms with Gasteiger partial charge in [0.2, 0.25) is 0 Å². The van der Waals surface area contributed by atoms with Crippen molar-refractivity contribution in [2.75, 3.05) is 19.6 Å². The van der Waals surface area contributed by atoms with E-state index in [2.05, 4.69) is 64.4 Å². The first-order chi connectivity index (χ1) is 17.2. The fourth-order valence-corrected chi connectivity index (χ4v) is 5.13. The van der Waals surface area contributed by atoms with Gasteiger partial charge in [-0.15, -0.1) is 0 Å². The molecule has 1 amide bonds. The second-order valence-electron chi connectivity index (χ2n) is 9.12. The summed E-state index contributed by atoms with van der Waals surface area (Å²) < 4.78 is 0. The van der Waals surface area contributed by atoms with Gasteiger partial charge in [0, 0.05) is 48.4 Å². The van der Waals surface area contributed by atoms with E-state index in [0.717, 1.165) is 54.3 Å². The Balaban J connectivity index is 1.31. The van der Waals surface area contributed by atoms with E-state index in [1.54, 1.807) is 0 Å². The molecule has 0 radical (unpaired) electrons. The van der Waals surface area contributed by atoms with Gasteiger partial charge in [-0.2, -0.15) is 0 Å². The van der Waals surface area contributed by atoms with Crippen molar-refractivity contribution in [1.82, 2.24) is 9.80 Å². The summed E-state index contributed by atoms with van der Waals surface area (Å²) in [5.74, 6) is 0.121. The van der Waals surface area contributed by atoms with Crippen molar-refractivity contribution in [3.63, 3.8) is 0 Å². The SMILES string of the molecule is O=C(c1ccccc1)N1CCN(Cc2ccc(-c3ccccc3Cl)cc2)C[C@@H]1Cc1ccccc1. The molecule has 5 rings (SSSR count). The minimum Gasteiger partial charge on any atom is -0.333 e. The fourth-order valence-electron chi connectivity index (χ4n) is 4.88. The maximum Gasteiger partial charge on any atom is 0.254 e. The zero-order chi connectivity index (χ0) is 24.0. The molecule has 1 saturated heterocycles. The number of hydrogen-bond acceptors (Lipinski definition) is 2. The van der Waals surface area contributed by atoms with Crippen LogP contribution in [0.2, 0.25) is 5.02 Å². The highest BCUT2D eigenvalue weighted by atomic mass is 35.5. The van der Waals surface area contributed by atoms with Crippen molar-refractivity contribution in [3.8, 4) is 11.1 Å². The topological polar surface area (TPSA) is 23.6 Å². The maximum atomic E-state index is 13.4. The van der Waals surface area contributed by atoms with Gasteiger partial charge in [0.15, 0.2) is 0 Å². The van der Waals surface area contributed by atoms with Gasteiger partial charge in [0.25, 0.3) is 5.91 Å². The second kappa shape index (κ2) is 10.9. The van der Waals surface area contributed by atoms with Crippen LogP contribution in [0.25, 0.3) is 11.1 Å². The minimum atomic E-state index is 0.121. The molecule has 1 fully saturated rings. The van der Waals surface area contributed by atoms with Gasteiger partial charge in [0.1, 0.15) is 0 Å². The highest BCUT2D eigenvalue weighted by molar-refractivity contribution is 6.33. The van der Waals surface area contributed by atoms with Crippen molar-refractivity contribution >= 4 is 17.5 Å². The zero-order valence-corrected chi connectivity index (χ0v) is 20.4. The Bertz CT molecular complexity index is 1260. The fraction of sp³-hybridized carbons (Fsp3) is 0.194. The average molecular weight is 481 g/mol. The van der Waals surface area contributed by atoms with Gasteiger partial charge < -0.3 is 4.90 Å². The van der Waals surface area contributed by atoms with Crippen LogP contribution < -0.4 is 0 Å². The summed E-state index contributed by atoms with van der Waals surface area (Å²) in [6, 6.07) is 36.8. The lowest BCUT2D eigenvalue weighted by atomic mass is 10.00. The Morgan fingerprint density at radius 3 is 2.11 bits per heavy atom. The van der Waals surface area contributed by atoms with Gasteiger partial charge in [-0.3, -0.25) is 9.69 Å². The van der Waals surface area contributed by atoms with Crippen molar-refractivity contribution in [1.29, 1.82) is 0 Å². The smallest absolute Gasteiger partial charge is 0.254 e. The molecule has 0 aliphatic carbocycles. The van der Waals surface area contributed by atoms with E-state index >= 15 is 0 Å². The summed E-state index contributed by atoms with van der Waals surface area (Å²) in [7, 11) is 0. The maximum absolute atomic E-state index is 13.4. The van der Waals surface area contributed by atoms with Crippen LogP contribution in [0.5, 0.6) is 0 Å². The Hall–Kier alpha value is -3.40. The van der Waals surface area contributed by atoms with Crippen LogP contribution in [0.3, 0.4) is 0 Å². The lowest BCUT2D eigenvalue weighted by Gasteiger charge is -2.42. The quantitative estimate of drug-likeness (QED) is 0.311. The molecule has 4 aromatic carbocycles.